The van der Waals surface area contributed by atoms with E-state index < -0.39 is 0 Å². The van der Waals surface area contributed by atoms with Gasteiger partial charge >= 0.3 is 0 Å². The zero-order valence-corrected chi connectivity index (χ0v) is 13.3. The minimum Gasteiger partial charge on any atom is -0.493 e. The Hall–Kier alpha value is -0.210. The number of halogens is 2. The highest BCUT2D eigenvalue weighted by Crippen LogP contribution is 2.61. The molecular formula is C16H18BrClO. The summed E-state index contributed by atoms with van der Waals surface area (Å²) in [7, 11) is 0. The van der Waals surface area contributed by atoms with Crippen LogP contribution >= 0.6 is 27.5 Å². The molecule has 0 radical (unpaired) electrons. The molecular weight excluding hydrogens is 324 g/mol. The first-order valence-electron chi connectivity index (χ1n) is 7.19. The van der Waals surface area contributed by atoms with Gasteiger partial charge in [0.1, 0.15) is 5.75 Å². The largest absolute Gasteiger partial charge is 0.493 e. The van der Waals surface area contributed by atoms with Gasteiger partial charge in [0.2, 0.25) is 0 Å². The van der Waals surface area contributed by atoms with Crippen molar-refractivity contribution in [3.05, 3.63) is 28.3 Å². The summed E-state index contributed by atoms with van der Waals surface area (Å²) in [4.78, 5) is 0. The van der Waals surface area contributed by atoms with Crippen LogP contribution in [0.2, 0.25) is 5.02 Å². The van der Waals surface area contributed by atoms with Crippen LogP contribution in [0.25, 0.3) is 0 Å². The topological polar surface area (TPSA) is 9.23 Å². The van der Waals surface area contributed by atoms with Gasteiger partial charge in [-0.15, -0.1) is 0 Å². The fraction of sp³-hybridized carbons (Fsp3) is 0.625. The summed E-state index contributed by atoms with van der Waals surface area (Å²) in [5.74, 6) is 3.14. The molecule has 2 aliphatic carbocycles. The second-order valence-corrected chi connectivity index (χ2v) is 7.62. The van der Waals surface area contributed by atoms with Crippen molar-refractivity contribution in [1.82, 2.24) is 0 Å². The first kappa shape index (κ1) is 12.5. The smallest absolute Gasteiger partial charge is 0.125 e. The number of hydrogen-bond acceptors (Lipinski definition) is 1. The molecule has 3 aliphatic rings. The second-order valence-electron chi connectivity index (χ2n) is 6.63. The summed E-state index contributed by atoms with van der Waals surface area (Å²) in [6.07, 6.45) is 6.36. The van der Waals surface area contributed by atoms with Crippen molar-refractivity contribution in [2.45, 2.75) is 32.1 Å². The van der Waals surface area contributed by atoms with E-state index in [4.69, 9.17) is 16.3 Å². The zero-order valence-electron chi connectivity index (χ0n) is 10.9. The van der Waals surface area contributed by atoms with Gasteiger partial charge in [0.05, 0.1) is 6.61 Å². The van der Waals surface area contributed by atoms with Gasteiger partial charge < -0.3 is 4.74 Å². The van der Waals surface area contributed by atoms with E-state index in [0.717, 1.165) is 47.4 Å². The fourth-order valence-corrected chi connectivity index (χ4v) is 5.11. The van der Waals surface area contributed by atoms with E-state index in [1.165, 1.54) is 30.4 Å². The Morgan fingerprint density at radius 2 is 2.11 bits per heavy atom. The summed E-state index contributed by atoms with van der Waals surface area (Å²) in [6, 6.07) is 4.19. The molecule has 0 bridgehead atoms. The van der Waals surface area contributed by atoms with Crippen molar-refractivity contribution in [3.8, 4) is 5.75 Å². The third-order valence-electron chi connectivity index (χ3n) is 5.13. The molecule has 3 heteroatoms. The van der Waals surface area contributed by atoms with Gasteiger partial charge in [0, 0.05) is 16.8 Å². The lowest BCUT2D eigenvalue weighted by Gasteiger charge is -2.29. The Kier molecular flexibility index (Phi) is 2.90. The van der Waals surface area contributed by atoms with Gasteiger partial charge in [-0.1, -0.05) is 27.5 Å². The maximum atomic E-state index is 6.27. The number of ether oxygens (including phenoxy) is 1. The lowest BCUT2D eigenvalue weighted by atomic mass is 9.79. The van der Waals surface area contributed by atoms with E-state index in [1.54, 1.807) is 0 Å². The van der Waals surface area contributed by atoms with E-state index in [9.17, 15) is 0 Å². The van der Waals surface area contributed by atoms with Gasteiger partial charge in [-0.25, -0.2) is 0 Å². The third-order valence-corrected chi connectivity index (χ3v) is 6.54. The Bertz CT molecular complexity index is 518. The number of benzene rings is 1. The van der Waals surface area contributed by atoms with E-state index in [-0.39, 0.29) is 0 Å². The number of rotatable bonds is 3. The lowest BCUT2D eigenvalue weighted by molar-refractivity contribution is 0.298. The standard InChI is InChI=1S/C16H18BrClO/c17-9-16(6-11-3-12(11)7-16)8-13-5-14(18)4-10-1-2-19-15(10)13/h4-5,11-12H,1-3,6-9H2. The molecule has 0 amide bonds. The number of alkyl halides is 1. The summed E-state index contributed by atoms with van der Waals surface area (Å²) in [6.45, 7) is 0.815. The Balaban J connectivity index is 1.66. The van der Waals surface area contributed by atoms with Crippen LogP contribution < -0.4 is 4.74 Å². The maximum Gasteiger partial charge on any atom is 0.125 e. The zero-order chi connectivity index (χ0) is 13.0. The van der Waals surface area contributed by atoms with Crippen LogP contribution in [0.1, 0.15) is 30.4 Å². The van der Waals surface area contributed by atoms with E-state index in [1.807, 2.05) is 0 Å². The number of fused-ring (bicyclic) bond motifs is 2. The van der Waals surface area contributed by atoms with Crippen molar-refractivity contribution in [2.24, 2.45) is 17.3 Å². The van der Waals surface area contributed by atoms with Gasteiger partial charge in [-0.2, -0.15) is 0 Å². The molecule has 19 heavy (non-hydrogen) atoms. The third kappa shape index (κ3) is 2.12. The molecule has 1 nitrogen and oxygen atoms in total. The predicted octanol–water partition coefficient (Wildman–Crippen LogP) is 4.63. The molecule has 1 aromatic carbocycles. The highest BCUT2D eigenvalue weighted by atomic mass is 79.9. The Labute approximate surface area is 127 Å². The van der Waals surface area contributed by atoms with E-state index >= 15 is 0 Å². The molecule has 102 valence electrons. The van der Waals surface area contributed by atoms with Crippen LogP contribution in [0.4, 0.5) is 0 Å². The average molecular weight is 342 g/mol. The van der Waals surface area contributed by atoms with Crippen molar-refractivity contribution in [1.29, 1.82) is 0 Å². The quantitative estimate of drug-likeness (QED) is 0.728. The number of hydrogen-bond donors (Lipinski definition) is 0. The SMILES string of the molecule is Clc1cc2c(c(CC3(CBr)CC4CC4C3)c1)OCC2. The summed E-state index contributed by atoms with van der Waals surface area (Å²) in [5.41, 5.74) is 3.08. The molecule has 4 rings (SSSR count). The Morgan fingerprint density at radius 1 is 1.32 bits per heavy atom. The molecule has 0 N–H and O–H groups in total. The van der Waals surface area contributed by atoms with Crippen molar-refractivity contribution in [3.63, 3.8) is 0 Å². The molecule has 0 saturated heterocycles. The molecule has 1 aliphatic heterocycles. The maximum absolute atomic E-state index is 6.27. The molecule has 2 unspecified atom stereocenters. The highest BCUT2D eigenvalue weighted by molar-refractivity contribution is 9.09. The summed E-state index contributed by atoms with van der Waals surface area (Å²) in [5, 5.41) is 1.97. The normalized spacial score (nSPS) is 34.8. The lowest BCUT2D eigenvalue weighted by Crippen LogP contribution is -2.24. The fourth-order valence-electron chi connectivity index (χ4n) is 4.19. The van der Waals surface area contributed by atoms with Gasteiger partial charge in [0.25, 0.3) is 0 Å². The molecule has 1 heterocycles. The van der Waals surface area contributed by atoms with Crippen LogP contribution in [-0.4, -0.2) is 11.9 Å². The monoisotopic (exact) mass is 340 g/mol. The van der Waals surface area contributed by atoms with Crippen LogP contribution in [0.15, 0.2) is 12.1 Å². The highest BCUT2D eigenvalue weighted by Gasteiger charge is 2.53. The van der Waals surface area contributed by atoms with Crippen LogP contribution in [0.5, 0.6) is 5.75 Å². The van der Waals surface area contributed by atoms with E-state index in [0.29, 0.717) is 5.41 Å². The van der Waals surface area contributed by atoms with Gasteiger partial charge in [0.15, 0.2) is 0 Å². The van der Waals surface area contributed by atoms with Gasteiger partial charge in [-0.05, 0) is 66.2 Å². The second kappa shape index (κ2) is 4.39. The van der Waals surface area contributed by atoms with Crippen LogP contribution in [-0.2, 0) is 12.8 Å². The minimum absolute atomic E-state index is 0.442. The first-order valence-corrected chi connectivity index (χ1v) is 8.69. The molecule has 1 aromatic rings. The predicted molar refractivity (Wildman–Crippen MR) is 81.4 cm³/mol. The minimum atomic E-state index is 0.442. The molecule has 0 aromatic heterocycles. The summed E-state index contributed by atoms with van der Waals surface area (Å²) < 4.78 is 5.85. The molecule has 2 saturated carbocycles. The van der Waals surface area contributed by atoms with Crippen LogP contribution in [0.3, 0.4) is 0 Å². The van der Waals surface area contributed by atoms with Crippen LogP contribution in [0, 0.1) is 17.3 Å². The molecule has 2 fully saturated rings. The van der Waals surface area contributed by atoms with E-state index in [2.05, 4.69) is 28.1 Å². The summed E-state index contributed by atoms with van der Waals surface area (Å²) >= 11 is 10.0. The first-order chi connectivity index (χ1) is 9.19. The average Bonchev–Trinajstić information content (AvgIpc) is 2.82. The van der Waals surface area contributed by atoms with Crippen molar-refractivity contribution in [2.75, 3.05) is 11.9 Å². The van der Waals surface area contributed by atoms with Crippen molar-refractivity contribution >= 4 is 27.5 Å². The molecule has 2 atom stereocenters. The van der Waals surface area contributed by atoms with Crippen molar-refractivity contribution < 1.29 is 4.74 Å². The molecule has 0 spiro atoms. The van der Waals surface area contributed by atoms with Gasteiger partial charge in [-0.3, -0.25) is 0 Å². The Morgan fingerprint density at radius 3 is 2.84 bits per heavy atom.